The zero-order valence-electron chi connectivity index (χ0n) is 14.6. The molecule has 0 atom stereocenters. The van der Waals surface area contributed by atoms with Crippen LogP contribution in [-0.4, -0.2) is 28.6 Å². The van der Waals surface area contributed by atoms with Crippen molar-refractivity contribution in [3.05, 3.63) is 71.3 Å². The summed E-state index contributed by atoms with van der Waals surface area (Å²) in [6.45, 7) is 1.73. The van der Waals surface area contributed by atoms with Crippen LogP contribution >= 0.6 is 23.1 Å². The number of hydrogen-bond acceptors (Lipinski definition) is 6. The zero-order chi connectivity index (χ0) is 19.1. The Hall–Kier alpha value is -2.71. The summed E-state index contributed by atoms with van der Waals surface area (Å²) in [5, 5.41) is 13.7. The maximum atomic E-state index is 12.1. The number of benzene rings is 2. The number of aryl methyl sites for hydroxylation is 1. The largest absolute Gasteiger partial charge is 0.343 e. The number of nitrogens with zero attached hydrogens (tertiary/aromatic N) is 2. The summed E-state index contributed by atoms with van der Waals surface area (Å²) in [6, 6.07) is 17.3. The van der Waals surface area contributed by atoms with Gasteiger partial charge in [-0.25, -0.2) is 0 Å². The highest BCUT2D eigenvalue weighted by molar-refractivity contribution is 8.00. The predicted octanol–water partition coefficient (Wildman–Crippen LogP) is 3.51. The topological polar surface area (TPSA) is 84.0 Å². The molecule has 2 amide bonds. The van der Waals surface area contributed by atoms with Crippen molar-refractivity contribution < 1.29 is 9.59 Å². The van der Waals surface area contributed by atoms with Gasteiger partial charge in [0.15, 0.2) is 4.34 Å². The number of thioether (sulfide) groups is 1. The molecule has 138 valence electrons. The van der Waals surface area contributed by atoms with Crippen LogP contribution in [0.25, 0.3) is 0 Å². The van der Waals surface area contributed by atoms with E-state index in [0.29, 0.717) is 10.7 Å². The lowest BCUT2D eigenvalue weighted by atomic mass is 10.1. The zero-order valence-corrected chi connectivity index (χ0v) is 16.3. The molecule has 0 unspecified atom stereocenters. The van der Waals surface area contributed by atoms with E-state index in [2.05, 4.69) is 20.8 Å². The molecule has 0 saturated heterocycles. The van der Waals surface area contributed by atoms with Crippen molar-refractivity contribution in [2.75, 3.05) is 11.9 Å². The summed E-state index contributed by atoms with van der Waals surface area (Å²) in [7, 11) is 0. The maximum Gasteiger partial charge on any atom is 0.251 e. The quantitative estimate of drug-likeness (QED) is 0.470. The number of anilines is 1. The van der Waals surface area contributed by atoms with Crippen molar-refractivity contribution in [1.29, 1.82) is 0 Å². The lowest BCUT2D eigenvalue weighted by Crippen LogP contribution is -2.33. The fourth-order valence-electron chi connectivity index (χ4n) is 2.28. The van der Waals surface area contributed by atoms with E-state index in [1.807, 2.05) is 49.4 Å². The van der Waals surface area contributed by atoms with E-state index in [4.69, 9.17) is 0 Å². The molecule has 0 aliphatic heterocycles. The number of carbonyl (C=O) groups excluding carboxylic acids is 2. The van der Waals surface area contributed by atoms with E-state index >= 15 is 0 Å². The Morgan fingerprint density at radius 3 is 2.56 bits per heavy atom. The van der Waals surface area contributed by atoms with Crippen molar-refractivity contribution in [2.24, 2.45) is 0 Å². The second-order valence-electron chi connectivity index (χ2n) is 5.69. The molecule has 2 aromatic carbocycles. The highest BCUT2D eigenvalue weighted by Crippen LogP contribution is 2.28. The Morgan fingerprint density at radius 1 is 1.04 bits per heavy atom. The number of amides is 2. The van der Waals surface area contributed by atoms with Gasteiger partial charge in [0.2, 0.25) is 11.0 Å². The van der Waals surface area contributed by atoms with Crippen molar-refractivity contribution in [3.8, 4) is 0 Å². The Kier molecular flexibility index (Phi) is 6.56. The van der Waals surface area contributed by atoms with Gasteiger partial charge >= 0.3 is 0 Å². The van der Waals surface area contributed by atoms with Gasteiger partial charge in [-0.1, -0.05) is 71.6 Å². The standard InChI is InChI=1S/C19H18N4O2S2/c1-13-7-5-6-10-15(13)17(25)20-11-16(24)21-18-22-23-19(27-18)26-12-14-8-3-2-4-9-14/h2-10H,11-12H2,1H3,(H,20,25)(H,21,22,24). The Bertz CT molecular complexity index is 928. The molecule has 0 bridgehead atoms. The summed E-state index contributed by atoms with van der Waals surface area (Å²) >= 11 is 2.87. The molecule has 3 aromatic rings. The smallest absolute Gasteiger partial charge is 0.251 e. The summed E-state index contributed by atoms with van der Waals surface area (Å²) in [6.07, 6.45) is 0. The molecule has 3 rings (SSSR count). The van der Waals surface area contributed by atoms with Crippen LogP contribution in [0.3, 0.4) is 0 Å². The van der Waals surface area contributed by atoms with E-state index in [9.17, 15) is 9.59 Å². The molecule has 0 aliphatic rings. The highest BCUT2D eigenvalue weighted by atomic mass is 32.2. The highest BCUT2D eigenvalue weighted by Gasteiger charge is 2.12. The van der Waals surface area contributed by atoms with E-state index in [0.717, 1.165) is 15.7 Å². The number of aromatic nitrogens is 2. The molecule has 6 nitrogen and oxygen atoms in total. The third kappa shape index (κ3) is 5.63. The Morgan fingerprint density at radius 2 is 1.78 bits per heavy atom. The van der Waals surface area contributed by atoms with Crippen LogP contribution in [0.5, 0.6) is 0 Å². The number of hydrogen-bond donors (Lipinski definition) is 2. The molecular formula is C19H18N4O2S2. The summed E-state index contributed by atoms with van der Waals surface area (Å²) < 4.78 is 0.776. The summed E-state index contributed by atoms with van der Waals surface area (Å²) in [4.78, 5) is 24.2. The minimum Gasteiger partial charge on any atom is -0.343 e. The van der Waals surface area contributed by atoms with Crippen molar-refractivity contribution >= 4 is 40.0 Å². The number of nitrogens with one attached hydrogen (secondary N) is 2. The molecule has 0 radical (unpaired) electrons. The molecule has 2 N–H and O–H groups in total. The normalized spacial score (nSPS) is 10.4. The SMILES string of the molecule is Cc1ccccc1C(=O)NCC(=O)Nc1nnc(SCc2ccccc2)s1. The maximum absolute atomic E-state index is 12.1. The van der Waals surface area contributed by atoms with Gasteiger partial charge in [-0.15, -0.1) is 10.2 Å². The van der Waals surface area contributed by atoms with Crippen LogP contribution in [0, 0.1) is 6.92 Å². The van der Waals surface area contributed by atoms with Gasteiger partial charge in [0.05, 0.1) is 6.54 Å². The minimum absolute atomic E-state index is 0.126. The van der Waals surface area contributed by atoms with Gasteiger partial charge < -0.3 is 5.32 Å². The first-order chi connectivity index (χ1) is 13.1. The molecule has 1 aromatic heterocycles. The van der Waals surface area contributed by atoms with Crippen molar-refractivity contribution in [1.82, 2.24) is 15.5 Å². The monoisotopic (exact) mass is 398 g/mol. The minimum atomic E-state index is -0.340. The number of carbonyl (C=O) groups is 2. The van der Waals surface area contributed by atoms with Gasteiger partial charge in [0.25, 0.3) is 5.91 Å². The van der Waals surface area contributed by atoms with Crippen LogP contribution in [-0.2, 0) is 10.5 Å². The first-order valence-electron chi connectivity index (χ1n) is 8.26. The molecule has 0 aliphatic carbocycles. The second kappa shape index (κ2) is 9.29. The van der Waals surface area contributed by atoms with Crippen LogP contribution in [0.1, 0.15) is 21.5 Å². The van der Waals surface area contributed by atoms with Gasteiger partial charge in [-0.2, -0.15) is 0 Å². The lowest BCUT2D eigenvalue weighted by Gasteiger charge is -2.06. The summed E-state index contributed by atoms with van der Waals surface area (Å²) in [5.41, 5.74) is 2.61. The van der Waals surface area contributed by atoms with Crippen LogP contribution < -0.4 is 10.6 Å². The fourth-order valence-corrected chi connectivity index (χ4v) is 4.01. The van der Waals surface area contributed by atoms with Crippen molar-refractivity contribution in [2.45, 2.75) is 17.0 Å². The Labute approximate surface area is 165 Å². The van der Waals surface area contributed by atoms with E-state index in [1.54, 1.807) is 23.9 Å². The van der Waals surface area contributed by atoms with Crippen LogP contribution in [0.2, 0.25) is 0 Å². The van der Waals surface area contributed by atoms with Gasteiger partial charge in [-0.3, -0.25) is 14.9 Å². The Balaban J connectivity index is 1.46. The average Bonchev–Trinajstić information content (AvgIpc) is 3.13. The van der Waals surface area contributed by atoms with Crippen LogP contribution in [0.4, 0.5) is 5.13 Å². The molecule has 0 fully saturated rings. The second-order valence-corrected chi connectivity index (χ2v) is 7.89. The van der Waals surface area contributed by atoms with Gasteiger partial charge in [0, 0.05) is 11.3 Å². The van der Waals surface area contributed by atoms with E-state index < -0.39 is 0 Å². The lowest BCUT2D eigenvalue weighted by molar-refractivity contribution is -0.115. The van der Waals surface area contributed by atoms with E-state index in [-0.39, 0.29) is 18.4 Å². The van der Waals surface area contributed by atoms with Gasteiger partial charge in [0.1, 0.15) is 0 Å². The molecule has 0 saturated carbocycles. The first-order valence-corrected chi connectivity index (χ1v) is 10.1. The predicted molar refractivity (Wildman–Crippen MR) is 108 cm³/mol. The fraction of sp³-hybridized carbons (Fsp3) is 0.158. The third-order valence-electron chi connectivity index (χ3n) is 3.66. The average molecular weight is 399 g/mol. The molecule has 27 heavy (non-hydrogen) atoms. The molecular weight excluding hydrogens is 380 g/mol. The molecule has 0 spiro atoms. The van der Waals surface area contributed by atoms with Crippen LogP contribution in [0.15, 0.2) is 58.9 Å². The van der Waals surface area contributed by atoms with Gasteiger partial charge in [-0.05, 0) is 24.1 Å². The van der Waals surface area contributed by atoms with E-state index in [1.165, 1.54) is 16.9 Å². The summed E-state index contributed by atoms with van der Waals surface area (Å²) in [5.74, 6) is 0.169. The van der Waals surface area contributed by atoms with Crippen molar-refractivity contribution in [3.63, 3.8) is 0 Å². The third-order valence-corrected chi connectivity index (χ3v) is 5.70. The molecule has 1 heterocycles. The number of rotatable bonds is 7. The first kappa shape index (κ1) is 19.1. The molecule has 8 heteroatoms.